The molecular formula is C10H11ClN2O2. The number of nitrogens with two attached hydrogens (primary N) is 1. The van der Waals surface area contributed by atoms with E-state index in [2.05, 4.69) is 5.32 Å². The smallest absolute Gasteiger partial charge is 0.251 e. The van der Waals surface area contributed by atoms with Gasteiger partial charge in [-0.15, -0.1) is 0 Å². The van der Waals surface area contributed by atoms with Gasteiger partial charge in [0.2, 0.25) is 0 Å². The summed E-state index contributed by atoms with van der Waals surface area (Å²) < 4.78 is 4.95. The van der Waals surface area contributed by atoms with Gasteiger partial charge >= 0.3 is 0 Å². The van der Waals surface area contributed by atoms with Crippen LogP contribution in [0, 0.1) is 0 Å². The summed E-state index contributed by atoms with van der Waals surface area (Å²) in [5, 5.41) is 3.21. The normalized spacial score (nSPS) is 15.8. The lowest BCUT2D eigenvalue weighted by molar-refractivity contribution is -0.00346. The van der Waals surface area contributed by atoms with E-state index in [1.807, 2.05) is 0 Å². The number of hydrogen-bond acceptors (Lipinski definition) is 3. The first-order valence-electron chi connectivity index (χ1n) is 4.60. The lowest BCUT2D eigenvalue weighted by Gasteiger charge is -2.26. The number of amides is 1. The van der Waals surface area contributed by atoms with Gasteiger partial charge < -0.3 is 15.8 Å². The van der Waals surface area contributed by atoms with Crippen LogP contribution in [0.4, 0.5) is 5.69 Å². The van der Waals surface area contributed by atoms with E-state index in [1.165, 1.54) is 0 Å². The molecule has 1 saturated heterocycles. The van der Waals surface area contributed by atoms with Crippen molar-refractivity contribution in [3.63, 3.8) is 0 Å². The van der Waals surface area contributed by atoms with E-state index < -0.39 is 0 Å². The molecule has 1 aromatic carbocycles. The Balaban J connectivity index is 2.07. The molecule has 15 heavy (non-hydrogen) atoms. The van der Waals surface area contributed by atoms with Crippen molar-refractivity contribution in [3.8, 4) is 0 Å². The van der Waals surface area contributed by atoms with Gasteiger partial charge in [-0.05, 0) is 18.2 Å². The number of rotatable bonds is 2. The van der Waals surface area contributed by atoms with E-state index in [4.69, 9.17) is 22.1 Å². The lowest BCUT2D eigenvalue weighted by atomic mass is 10.1. The summed E-state index contributed by atoms with van der Waals surface area (Å²) >= 11 is 5.81. The molecule has 0 saturated carbocycles. The minimum atomic E-state index is -0.148. The van der Waals surface area contributed by atoms with E-state index in [-0.39, 0.29) is 11.9 Å². The molecule has 0 spiro atoms. The maximum atomic E-state index is 11.6. The molecule has 3 N–H and O–H groups in total. The van der Waals surface area contributed by atoms with Crippen LogP contribution in [0.1, 0.15) is 10.4 Å². The van der Waals surface area contributed by atoms with Crippen LogP contribution in [0.15, 0.2) is 18.2 Å². The van der Waals surface area contributed by atoms with Crippen LogP contribution in [-0.4, -0.2) is 25.2 Å². The average molecular weight is 227 g/mol. The SMILES string of the molecule is Nc1ccc(C(=O)NC2COC2)cc1Cl. The summed E-state index contributed by atoms with van der Waals surface area (Å²) in [4.78, 5) is 11.6. The van der Waals surface area contributed by atoms with Gasteiger partial charge in [0.15, 0.2) is 0 Å². The number of ether oxygens (including phenoxy) is 1. The Morgan fingerprint density at radius 1 is 1.53 bits per heavy atom. The Labute approximate surface area is 92.4 Å². The number of nitrogens with one attached hydrogen (secondary N) is 1. The van der Waals surface area contributed by atoms with Crippen LogP contribution in [0.5, 0.6) is 0 Å². The first kappa shape index (κ1) is 10.3. The highest BCUT2D eigenvalue weighted by atomic mass is 35.5. The maximum absolute atomic E-state index is 11.6. The summed E-state index contributed by atoms with van der Waals surface area (Å²) in [6.45, 7) is 1.16. The first-order valence-corrected chi connectivity index (χ1v) is 4.98. The molecule has 0 atom stereocenters. The number of nitrogen functional groups attached to an aromatic ring is 1. The third-order valence-corrected chi connectivity index (χ3v) is 2.56. The summed E-state index contributed by atoms with van der Waals surface area (Å²) in [6, 6.07) is 4.95. The highest BCUT2D eigenvalue weighted by Crippen LogP contribution is 2.19. The number of carbonyl (C=O) groups is 1. The molecule has 1 heterocycles. The maximum Gasteiger partial charge on any atom is 0.251 e. The second-order valence-corrected chi connectivity index (χ2v) is 3.85. The van der Waals surface area contributed by atoms with Crippen molar-refractivity contribution in [1.29, 1.82) is 0 Å². The Morgan fingerprint density at radius 3 is 2.80 bits per heavy atom. The van der Waals surface area contributed by atoms with Gasteiger partial charge in [-0.1, -0.05) is 11.6 Å². The van der Waals surface area contributed by atoms with E-state index in [1.54, 1.807) is 18.2 Å². The summed E-state index contributed by atoms with van der Waals surface area (Å²) in [6.07, 6.45) is 0. The molecular weight excluding hydrogens is 216 g/mol. The van der Waals surface area contributed by atoms with Crippen molar-refractivity contribution in [3.05, 3.63) is 28.8 Å². The third kappa shape index (κ3) is 2.22. The van der Waals surface area contributed by atoms with Crippen molar-refractivity contribution in [1.82, 2.24) is 5.32 Å². The standard InChI is InChI=1S/C10H11ClN2O2/c11-8-3-6(1-2-9(8)12)10(14)13-7-4-15-5-7/h1-3,7H,4-5,12H2,(H,13,14). The second kappa shape index (κ2) is 4.08. The van der Waals surface area contributed by atoms with Crippen molar-refractivity contribution >= 4 is 23.2 Å². The Morgan fingerprint density at radius 2 is 2.27 bits per heavy atom. The van der Waals surface area contributed by atoms with E-state index in [0.717, 1.165) is 0 Å². The zero-order chi connectivity index (χ0) is 10.8. The predicted molar refractivity (Wildman–Crippen MR) is 57.9 cm³/mol. The zero-order valence-corrected chi connectivity index (χ0v) is 8.75. The molecule has 0 bridgehead atoms. The van der Waals surface area contributed by atoms with Crippen molar-refractivity contribution in [2.45, 2.75) is 6.04 Å². The number of halogens is 1. The van der Waals surface area contributed by atoms with Crippen LogP contribution >= 0.6 is 11.6 Å². The summed E-state index contributed by atoms with van der Waals surface area (Å²) in [7, 11) is 0. The van der Waals surface area contributed by atoms with Crippen LogP contribution in [0.2, 0.25) is 5.02 Å². The highest BCUT2D eigenvalue weighted by Gasteiger charge is 2.21. The van der Waals surface area contributed by atoms with Crippen LogP contribution < -0.4 is 11.1 Å². The molecule has 1 aliphatic heterocycles. The molecule has 0 radical (unpaired) electrons. The fraction of sp³-hybridized carbons (Fsp3) is 0.300. The van der Waals surface area contributed by atoms with Crippen molar-refractivity contribution in [2.24, 2.45) is 0 Å². The Bertz CT molecular complexity index is 391. The molecule has 0 aliphatic carbocycles. The van der Waals surface area contributed by atoms with Gasteiger partial charge in [0.25, 0.3) is 5.91 Å². The molecule has 80 valence electrons. The number of carbonyl (C=O) groups excluding carboxylic acids is 1. The van der Waals surface area contributed by atoms with Gasteiger partial charge in [-0.2, -0.15) is 0 Å². The molecule has 4 nitrogen and oxygen atoms in total. The monoisotopic (exact) mass is 226 g/mol. The van der Waals surface area contributed by atoms with E-state index in [0.29, 0.717) is 29.5 Å². The quantitative estimate of drug-likeness (QED) is 0.741. The molecule has 2 rings (SSSR count). The highest BCUT2D eigenvalue weighted by molar-refractivity contribution is 6.33. The summed E-state index contributed by atoms with van der Waals surface area (Å²) in [5.74, 6) is -0.148. The molecule has 5 heteroatoms. The number of benzene rings is 1. The first-order chi connectivity index (χ1) is 7.16. The van der Waals surface area contributed by atoms with Crippen LogP contribution in [0.25, 0.3) is 0 Å². The Hall–Kier alpha value is -1.26. The third-order valence-electron chi connectivity index (χ3n) is 2.24. The van der Waals surface area contributed by atoms with Gasteiger partial charge in [-0.25, -0.2) is 0 Å². The van der Waals surface area contributed by atoms with E-state index in [9.17, 15) is 4.79 Å². The summed E-state index contributed by atoms with van der Waals surface area (Å²) in [5.41, 5.74) is 6.53. The molecule has 1 amide bonds. The molecule has 1 fully saturated rings. The van der Waals surface area contributed by atoms with Gasteiger partial charge in [0, 0.05) is 5.56 Å². The molecule has 1 aromatic rings. The van der Waals surface area contributed by atoms with Gasteiger partial charge in [-0.3, -0.25) is 4.79 Å². The van der Waals surface area contributed by atoms with Crippen molar-refractivity contribution in [2.75, 3.05) is 18.9 Å². The number of hydrogen-bond donors (Lipinski definition) is 2. The number of anilines is 1. The molecule has 0 aromatic heterocycles. The van der Waals surface area contributed by atoms with Crippen LogP contribution in [-0.2, 0) is 4.74 Å². The van der Waals surface area contributed by atoms with E-state index >= 15 is 0 Å². The topological polar surface area (TPSA) is 64.4 Å². The fourth-order valence-electron chi connectivity index (χ4n) is 1.26. The minimum absolute atomic E-state index is 0.119. The fourth-order valence-corrected chi connectivity index (χ4v) is 1.44. The molecule has 1 aliphatic rings. The van der Waals surface area contributed by atoms with Crippen LogP contribution in [0.3, 0.4) is 0 Å². The average Bonchev–Trinajstić information content (AvgIpc) is 2.15. The predicted octanol–water partition coefficient (Wildman–Crippen LogP) is 1.05. The minimum Gasteiger partial charge on any atom is -0.398 e. The lowest BCUT2D eigenvalue weighted by Crippen LogP contribution is -2.48. The largest absolute Gasteiger partial charge is 0.398 e. The Kier molecular flexibility index (Phi) is 2.79. The van der Waals surface area contributed by atoms with Gasteiger partial charge in [0.05, 0.1) is 30.0 Å². The van der Waals surface area contributed by atoms with Gasteiger partial charge in [0.1, 0.15) is 0 Å². The van der Waals surface area contributed by atoms with Crippen molar-refractivity contribution < 1.29 is 9.53 Å². The molecule has 0 unspecified atom stereocenters. The second-order valence-electron chi connectivity index (χ2n) is 3.44. The zero-order valence-electron chi connectivity index (χ0n) is 8.00.